The highest BCUT2D eigenvalue weighted by molar-refractivity contribution is 8.00. The van der Waals surface area contributed by atoms with Gasteiger partial charge in [0.15, 0.2) is 0 Å². The third kappa shape index (κ3) is 2.18. The predicted octanol–water partition coefficient (Wildman–Crippen LogP) is 2.75. The van der Waals surface area contributed by atoms with Gasteiger partial charge in [0, 0.05) is 23.1 Å². The van der Waals surface area contributed by atoms with Crippen LogP contribution in [0.4, 0.5) is 0 Å². The zero-order valence-electron chi connectivity index (χ0n) is 9.37. The Morgan fingerprint density at radius 3 is 3.12 bits per heavy atom. The summed E-state index contributed by atoms with van der Waals surface area (Å²) in [6.45, 7) is 0.732. The highest BCUT2D eigenvalue weighted by Crippen LogP contribution is 2.35. The van der Waals surface area contributed by atoms with Crippen molar-refractivity contribution in [2.24, 2.45) is 5.92 Å². The molecule has 0 radical (unpaired) electrons. The summed E-state index contributed by atoms with van der Waals surface area (Å²) in [4.78, 5) is 11.7. The zero-order valence-corrected chi connectivity index (χ0v) is 10.9. The smallest absolute Gasteiger partial charge is 0.146 e. The predicted molar refractivity (Wildman–Crippen MR) is 70.2 cm³/mol. The normalized spacial score (nSPS) is 22.6. The first-order valence-electron chi connectivity index (χ1n) is 5.78. The van der Waals surface area contributed by atoms with Crippen molar-refractivity contribution >= 4 is 29.1 Å². The lowest BCUT2D eigenvalue weighted by Crippen LogP contribution is -2.14. The molecule has 3 rings (SSSR count). The van der Waals surface area contributed by atoms with E-state index < -0.39 is 0 Å². The molecule has 1 fully saturated rings. The third-order valence-electron chi connectivity index (χ3n) is 3.31. The van der Waals surface area contributed by atoms with Gasteiger partial charge in [0.05, 0.1) is 12.4 Å². The van der Waals surface area contributed by atoms with Gasteiger partial charge >= 0.3 is 0 Å². The van der Waals surface area contributed by atoms with Crippen molar-refractivity contribution < 1.29 is 9.53 Å². The Labute approximate surface area is 110 Å². The van der Waals surface area contributed by atoms with Crippen molar-refractivity contribution in [1.29, 1.82) is 0 Å². The van der Waals surface area contributed by atoms with Crippen LogP contribution in [0.15, 0.2) is 12.1 Å². The second-order valence-electron chi connectivity index (χ2n) is 4.53. The number of rotatable bonds is 2. The summed E-state index contributed by atoms with van der Waals surface area (Å²) in [5, 5.41) is 0.752. The topological polar surface area (TPSA) is 26.3 Å². The second kappa shape index (κ2) is 4.54. The van der Waals surface area contributed by atoms with Crippen molar-refractivity contribution in [3.8, 4) is 5.75 Å². The van der Waals surface area contributed by atoms with Crippen LogP contribution in [0.3, 0.4) is 0 Å². The van der Waals surface area contributed by atoms with Gasteiger partial charge in [0.2, 0.25) is 0 Å². The zero-order chi connectivity index (χ0) is 11.8. The van der Waals surface area contributed by atoms with Crippen molar-refractivity contribution in [3.63, 3.8) is 0 Å². The molecule has 0 amide bonds. The lowest BCUT2D eigenvalue weighted by Gasteiger charge is -2.12. The van der Waals surface area contributed by atoms with Crippen molar-refractivity contribution in [2.45, 2.75) is 12.8 Å². The summed E-state index contributed by atoms with van der Waals surface area (Å²) in [6.07, 6.45) is 1.70. The molecule has 90 valence electrons. The molecule has 1 aromatic rings. The van der Waals surface area contributed by atoms with Crippen LogP contribution in [-0.2, 0) is 17.6 Å². The Kier molecular flexibility index (Phi) is 3.05. The number of carbonyl (C=O) groups excluding carboxylic acids is 1. The van der Waals surface area contributed by atoms with Crippen molar-refractivity contribution in [3.05, 3.63) is 28.3 Å². The molecular formula is C13H13ClO2S. The largest absolute Gasteiger partial charge is 0.493 e. The molecular weight excluding hydrogens is 256 g/mol. The Bertz CT molecular complexity index is 473. The number of carbonyl (C=O) groups is 1. The van der Waals surface area contributed by atoms with Crippen LogP contribution in [0.1, 0.15) is 11.1 Å². The molecule has 1 aromatic carbocycles. The average molecular weight is 269 g/mol. The summed E-state index contributed by atoms with van der Waals surface area (Å²) in [5.74, 6) is 3.07. The highest BCUT2D eigenvalue weighted by atomic mass is 35.5. The summed E-state index contributed by atoms with van der Waals surface area (Å²) in [6, 6.07) is 3.92. The molecule has 0 N–H and O–H groups in total. The Morgan fingerprint density at radius 2 is 2.35 bits per heavy atom. The number of hydrogen-bond acceptors (Lipinski definition) is 3. The van der Waals surface area contributed by atoms with E-state index in [0.717, 1.165) is 41.5 Å². The fourth-order valence-electron chi connectivity index (χ4n) is 2.45. The van der Waals surface area contributed by atoms with Gasteiger partial charge in [0.25, 0.3) is 0 Å². The molecule has 0 aliphatic carbocycles. The number of halogens is 1. The highest BCUT2D eigenvalue weighted by Gasteiger charge is 2.27. The molecule has 2 aliphatic heterocycles. The molecule has 2 aliphatic rings. The summed E-state index contributed by atoms with van der Waals surface area (Å²) >= 11 is 7.83. The van der Waals surface area contributed by atoms with Gasteiger partial charge in [-0.15, -0.1) is 0 Å². The summed E-state index contributed by atoms with van der Waals surface area (Å²) < 4.78 is 5.65. The van der Waals surface area contributed by atoms with Crippen LogP contribution in [-0.4, -0.2) is 23.9 Å². The molecule has 0 saturated carbocycles. The third-order valence-corrected chi connectivity index (χ3v) is 4.66. The Balaban J connectivity index is 1.90. The van der Waals surface area contributed by atoms with E-state index in [4.69, 9.17) is 16.3 Å². The summed E-state index contributed by atoms with van der Waals surface area (Å²) in [7, 11) is 0. The van der Waals surface area contributed by atoms with Gasteiger partial charge in [-0.25, -0.2) is 0 Å². The molecule has 2 heterocycles. The number of thioether (sulfide) groups is 1. The Hall–Kier alpha value is -0.670. The van der Waals surface area contributed by atoms with Crippen LogP contribution in [0.25, 0.3) is 0 Å². The molecule has 4 heteroatoms. The minimum absolute atomic E-state index is 0.145. The van der Waals surface area contributed by atoms with Gasteiger partial charge in [-0.05, 0) is 29.7 Å². The maximum atomic E-state index is 11.7. The van der Waals surface area contributed by atoms with Gasteiger partial charge in [0.1, 0.15) is 11.5 Å². The van der Waals surface area contributed by atoms with Gasteiger partial charge < -0.3 is 4.74 Å². The quantitative estimate of drug-likeness (QED) is 0.825. The minimum Gasteiger partial charge on any atom is -0.493 e. The van der Waals surface area contributed by atoms with Crippen LogP contribution < -0.4 is 4.74 Å². The van der Waals surface area contributed by atoms with E-state index in [2.05, 4.69) is 0 Å². The van der Waals surface area contributed by atoms with E-state index in [1.165, 1.54) is 5.56 Å². The van der Waals surface area contributed by atoms with Crippen LogP contribution in [0, 0.1) is 5.92 Å². The molecule has 0 aromatic heterocycles. The molecule has 17 heavy (non-hydrogen) atoms. The average Bonchev–Trinajstić information content (AvgIpc) is 2.88. The molecule has 2 nitrogen and oxygen atoms in total. The lowest BCUT2D eigenvalue weighted by molar-refractivity contribution is -0.119. The standard InChI is InChI=1S/C13H13ClO2S/c14-11-4-8-1-2-16-13(8)9(5-11)3-10-6-17-7-12(10)15/h4-5,10H,1-3,6-7H2. The number of benzene rings is 1. The summed E-state index contributed by atoms with van der Waals surface area (Å²) in [5.41, 5.74) is 2.29. The van der Waals surface area contributed by atoms with Crippen LogP contribution >= 0.6 is 23.4 Å². The fraction of sp³-hybridized carbons (Fsp3) is 0.462. The molecule has 1 saturated heterocycles. The van der Waals surface area contributed by atoms with Gasteiger partial charge in [-0.3, -0.25) is 4.79 Å². The molecule has 0 bridgehead atoms. The van der Waals surface area contributed by atoms with E-state index in [1.54, 1.807) is 11.8 Å². The van der Waals surface area contributed by atoms with E-state index in [0.29, 0.717) is 11.5 Å². The number of fused-ring (bicyclic) bond motifs is 1. The van der Waals surface area contributed by atoms with Gasteiger partial charge in [-0.1, -0.05) is 11.6 Å². The van der Waals surface area contributed by atoms with Crippen molar-refractivity contribution in [2.75, 3.05) is 18.1 Å². The number of ether oxygens (including phenoxy) is 1. The van der Waals surface area contributed by atoms with E-state index in [-0.39, 0.29) is 5.92 Å². The first kappa shape index (κ1) is 11.4. The van der Waals surface area contributed by atoms with Gasteiger partial charge in [-0.2, -0.15) is 11.8 Å². The van der Waals surface area contributed by atoms with Crippen LogP contribution in [0.5, 0.6) is 5.75 Å². The first-order valence-corrected chi connectivity index (χ1v) is 7.32. The van der Waals surface area contributed by atoms with Crippen LogP contribution in [0.2, 0.25) is 5.02 Å². The number of Topliss-reactive ketones (excluding diaryl/α,β-unsaturated/α-hetero) is 1. The lowest BCUT2D eigenvalue weighted by atomic mass is 9.96. The Morgan fingerprint density at radius 1 is 1.47 bits per heavy atom. The van der Waals surface area contributed by atoms with E-state index in [1.807, 2.05) is 12.1 Å². The van der Waals surface area contributed by atoms with E-state index >= 15 is 0 Å². The second-order valence-corrected chi connectivity index (χ2v) is 6.00. The maximum Gasteiger partial charge on any atom is 0.146 e. The fourth-order valence-corrected chi connectivity index (χ4v) is 3.85. The SMILES string of the molecule is O=C1CSCC1Cc1cc(Cl)cc2c1OCC2. The molecule has 0 spiro atoms. The number of ketones is 1. The van der Waals surface area contributed by atoms with E-state index in [9.17, 15) is 4.79 Å². The number of hydrogen-bond donors (Lipinski definition) is 0. The van der Waals surface area contributed by atoms with Crippen molar-refractivity contribution in [1.82, 2.24) is 0 Å². The monoisotopic (exact) mass is 268 g/mol. The molecule has 1 unspecified atom stereocenters. The minimum atomic E-state index is 0.145. The first-order chi connectivity index (χ1) is 8.24. The molecule has 1 atom stereocenters. The maximum absolute atomic E-state index is 11.7.